The third-order valence-electron chi connectivity index (χ3n) is 2.97. The molecule has 0 spiro atoms. The quantitative estimate of drug-likeness (QED) is 0.843. The number of rotatable bonds is 3. The van der Waals surface area contributed by atoms with Crippen LogP contribution in [-0.4, -0.2) is 6.21 Å². The number of hydrogen-bond acceptors (Lipinski definition) is 2. The summed E-state index contributed by atoms with van der Waals surface area (Å²) in [6, 6.07) is 16.8. The van der Waals surface area contributed by atoms with Gasteiger partial charge in [0.25, 0.3) is 0 Å². The summed E-state index contributed by atoms with van der Waals surface area (Å²) in [5.74, 6) is 0. The molecule has 1 aliphatic rings. The molecule has 84 valence electrons. The number of fused-ring (bicyclic) bond motifs is 1. The summed E-state index contributed by atoms with van der Waals surface area (Å²) >= 11 is 0. The number of hydrogen-bond donors (Lipinski definition) is 1. The van der Waals surface area contributed by atoms with Crippen LogP contribution >= 0.6 is 0 Å². The Morgan fingerprint density at radius 2 is 1.94 bits per heavy atom. The second-order valence-electron chi connectivity index (χ2n) is 4.20. The molecule has 0 saturated heterocycles. The predicted octanol–water partition coefficient (Wildman–Crippen LogP) is 3.56. The molecule has 2 nitrogen and oxygen atoms in total. The van der Waals surface area contributed by atoms with Crippen LogP contribution in [0.4, 0.5) is 11.4 Å². The topological polar surface area (TPSA) is 24.4 Å². The number of benzene rings is 2. The van der Waals surface area contributed by atoms with Crippen LogP contribution in [0.5, 0.6) is 0 Å². The Kier molecular flexibility index (Phi) is 2.62. The molecule has 0 atom stereocenters. The maximum absolute atomic E-state index is 4.35. The zero-order valence-electron chi connectivity index (χ0n) is 9.56. The highest BCUT2D eigenvalue weighted by atomic mass is 14.9. The van der Waals surface area contributed by atoms with Gasteiger partial charge in [0, 0.05) is 24.9 Å². The zero-order valence-corrected chi connectivity index (χ0v) is 9.56. The summed E-state index contributed by atoms with van der Waals surface area (Å²) in [5.41, 5.74) is 4.83. The average molecular weight is 222 g/mol. The van der Waals surface area contributed by atoms with Gasteiger partial charge in [0.2, 0.25) is 0 Å². The van der Waals surface area contributed by atoms with Gasteiger partial charge in [0.1, 0.15) is 0 Å². The fourth-order valence-electron chi connectivity index (χ4n) is 2.01. The van der Waals surface area contributed by atoms with Crippen molar-refractivity contribution in [3.05, 3.63) is 59.7 Å². The minimum Gasteiger partial charge on any atom is -0.381 e. The van der Waals surface area contributed by atoms with Gasteiger partial charge in [-0.1, -0.05) is 36.4 Å². The first-order valence-corrected chi connectivity index (χ1v) is 5.85. The van der Waals surface area contributed by atoms with Gasteiger partial charge in [0.05, 0.1) is 5.69 Å². The van der Waals surface area contributed by atoms with Crippen molar-refractivity contribution in [3.8, 4) is 0 Å². The molecule has 2 aromatic carbocycles. The second kappa shape index (κ2) is 4.42. The van der Waals surface area contributed by atoms with E-state index < -0.39 is 0 Å². The monoisotopic (exact) mass is 222 g/mol. The molecule has 0 fully saturated rings. The Bertz CT molecular complexity index is 544. The summed E-state index contributed by atoms with van der Waals surface area (Å²) < 4.78 is 0. The van der Waals surface area contributed by atoms with Crippen molar-refractivity contribution in [2.75, 3.05) is 5.32 Å². The minimum absolute atomic E-state index is 0.851. The van der Waals surface area contributed by atoms with Crippen molar-refractivity contribution in [3.63, 3.8) is 0 Å². The van der Waals surface area contributed by atoms with E-state index in [4.69, 9.17) is 0 Å². The van der Waals surface area contributed by atoms with E-state index in [-0.39, 0.29) is 0 Å². The van der Waals surface area contributed by atoms with Gasteiger partial charge in [-0.15, -0.1) is 0 Å². The van der Waals surface area contributed by atoms with E-state index in [1.54, 1.807) is 0 Å². The Hall–Kier alpha value is -2.09. The van der Waals surface area contributed by atoms with Crippen LogP contribution in [0, 0.1) is 0 Å². The Morgan fingerprint density at radius 1 is 1.06 bits per heavy atom. The first kappa shape index (κ1) is 10.1. The molecule has 0 aromatic heterocycles. The molecule has 2 heteroatoms. The van der Waals surface area contributed by atoms with Crippen LogP contribution < -0.4 is 5.32 Å². The lowest BCUT2D eigenvalue weighted by Crippen LogP contribution is -1.98. The molecular weight excluding hydrogens is 208 g/mol. The van der Waals surface area contributed by atoms with Crippen LogP contribution in [0.1, 0.15) is 11.1 Å². The molecule has 3 rings (SSSR count). The number of nitrogens with zero attached hydrogens (tertiary/aromatic N) is 1. The summed E-state index contributed by atoms with van der Waals surface area (Å²) in [4.78, 5) is 4.35. The summed E-state index contributed by atoms with van der Waals surface area (Å²) in [7, 11) is 0. The van der Waals surface area contributed by atoms with Crippen molar-refractivity contribution in [1.82, 2.24) is 0 Å². The van der Waals surface area contributed by atoms with Crippen molar-refractivity contribution in [2.24, 2.45) is 4.99 Å². The Labute approximate surface area is 101 Å². The lowest BCUT2D eigenvalue weighted by atomic mass is 10.1. The van der Waals surface area contributed by atoms with Crippen molar-refractivity contribution in [1.29, 1.82) is 0 Å². The van der Waals surface area contributed by atoms with Gasteiger partial charge in [-0.3, -0.25) is 4.99 Å². The van der Waals surface area contributed by atoms with Gasteiger partial charge in [0.15, 0.2) is 0 Å². The lowest BCUT2D eigenvalue weighted by Gasteiger charge is -2.07. The van der Waals surface area contributed by atoms with Gasteiger partial charge < -0.3 is 5.32 Å². The maximum Gasteiger partial charge on any atom is 0.0682 e. The highest BCUT2D eigenvalue weighted by Crippen LogP contribution is 2.27. The molecule has 0 amide bonds. The van der Waals surface area contributed by atoms with E-state index in [1.165, 1.54) is 11.1 Å². The van der Waals surface area contributed by atoms with E-state index in [0.29, 0.717) is 0 Å². The first-order valence-electron chi connectivity index (χ1n) is 5.85. The van der Waals surface area contributed by atoms with Gasteiger partial charge >= 0.3 is 0 Å². The summed E-state index contributed by atoms with van der Waals surface area (Å²) in [6.07, 6.45) is 2.93. The van der Waals surface area contributed by atoms with Gasteiger partial charge in [-0.2, -0.15) is 0 Å². The maximum atomic E-state index is 4.35. The van der Waals surface area contributed by atoms with E-state index in [1.807, 2.05) is 12.3 Å². The molecule has 2 aromatic rings. The fourth-order valence-corrected chi connectivity index (χ4v) is 2.01. The summed E-state index contributed by atoms with van der Waals surface area (Å²) in [6.45, 7) is 0.851. The highest BCUT2D eigenvalue weighted by Gasteiger charge is 2.06. The zero-order chi connectivity index (χ0) is 11.5. The lowest BCUT2D eigenvalue weighted by molar-refractivity contribution is 1.15. The predicted molar refractivity (Wildman–Crippen MR) is 72.1 cm³/mol. The normalized spacial score (nSPS) is 12.5. The van der Waals surface area contributed by atoms with Crippen molar-refractivity contribution in [2.45, 2.75) is 13.0 Å². The van der Waals surface area contributed by atoms with Crippen LogP contribution in [0.25, 0.3) is 0 Å². The summed E-state index contributed by atoms with van der Waals surface area (Å²) in [5, 5.41) is 3.42. The van der Waals surface area contributed by atoms with Crippen molar-refractivity contribution >= 4 is 17.6 Å². The van der Waals surface area contributed by atoms with Crippen LogP contribution in [0.3, 0.4) is 0 Å². The standard InChI is InChI=1S/C15H14N2/c1-2-4-12(5-3-1)11-17-14-7-6-13-8-9-16-15(13)10-14/h1-7,9-10,17H,8,11H2. The fraction of sp³-hybridized carbons (Fsp3) is 0.133. The highest BCUT2D eigenvalue weighted by molar-refractivity contribution is 5.77. The molecule has 0 radical (unpaired) electrons. The SMILES string of the molecule is C1=Nc2cc(NCc3ccccc3)ccc2C1. The average Bonchev–Trinajstić information content (AvgIpc) is 2.85. The number of nitrogens with one attached hydrogen (secondary N) is 1. The third-order valence-corrected chi connectivity index (χ3v) is 2.97. The molecule has 1 heterocycles. The molecule has 17 heavy (non-hydrogen) atoms. The van der Waals surface area contributed by atoms with Gasteiger partial charge in [-0.25, -0.2) is 0 Å². The molecule has 1 aliphatic heterocycles. The van der Waals surface area contributed by atoms with E-state index in [2.05, 4.69) is 52.8 Å². The third kappa shape index (κ3) is 2.21. The Balaban J connectivity index is 1.72. The van der Waals surface area contributed by atoms with Crippen molar-refractivity contribution < 1.29 is 0 Å². The smallest absolute Gasteiger partial charge is 0.0682 e. The van der Waals surface area contributed by atoms with E-state index >= 15 is 0 Å². The largest absolute Gasteiger partial charge is 0.381 e. The van der Waals surface area contributed by atoms with Crippen LogP contribution in [0.2, 0.25) is 0 Å². The number of aliphatic imine (C=N–C) groups is 1. The van der Waals surface area contributed by atoms with Crippen LogP contribution in [-0.2, 0) is 13.0 Å². The molecule has 0 aliphatic carbocycles. The molecule has 0 unspecified atom stereocenters. The number of anilines is 1. The van der Waals surface area contributed by atoms with E-state index in [0.717, 1.165) is 24.3 Å². The van der Waals surface area contributed by atoms with Crippen LogP contribution in [0.15, 0.2) is 53.5 Å². The minimum atomic E-state index is 0.851. The second-order valence-corrected chi connectivity index (χ2v) is 4.20. The Morgan fingerprint density at radius 3 is 2.82 bits per heavy atom. The molecule has 0 bridgehead atoms. The first-order chi connectivity index (χ1) is 8.42. The van der Waals surface area contributed by atoms with E-state index in [9.17, 15) is 0 Å². The molecule has 1 N–H and O–H groups in total. The molecule has 0 saturated carbocycles. The van der Waals surface area contributed by atoms with Gasteiger partial charge in [-0.05, 0) is 23.3 Å². The molecular formula is C15H14N2.